The molecule has 0 unspecified atom stereocenters. The van der Waals surface area contributed by atoms with Gasteiger partial charge in [0.2, 0.25) is 5.91 Å². The van der Waals surface area contributed by atoms with E-state index in [2.05, 4.69) is 27.9 Å². The first-order chi connectivity index (χ1) is 9.98. The van der Waals surface area contributed by atoms with Gasteiger partial charge in [-0.05, 0) is 41.8 Å². The lowest BCUT2D eigenvalue weighted by Crippen LogP contribution is -2.47. The van der Waals surface area contributed by atoms with Gasteiger partial charge < -0.3 is 15.2 Å². The lowest BCUT2D eigenvalue weighted by atomic mass is 9.94. The molecule has 1 heterocycles. The molecule has 5 nitrogen and oxygen atoms in total. The van der Waals surface area contributed by atoms with Crippen molar-refractivity contribution in [1.82, 2.24) is 4.90 Å². The van der Waals surface area contributed by atoms with Crippen LogP contribution in [0.4, 0.5) is 5.69 Å². The highest BCUT2D eigenvalue weighted by Crippen LogP contribution is 2.21. The molecule has 0 aliphatic carbocycles. The molecule has 1 aromatic carbocycles. The van der Waals surface area contributed by atoms with Crippen LogP contribution in [0.2, 0.25) is 0 Å². The van der Waals surface area contributed by atoms with Crippen molar-refractivity contribution >= 4 is 34.2 Å². The quantitative estimate of drug-likeness (QED) is 0.734. The van der Waals surface area contributed by atoms with E-state index in [0.29, 0.717) is 32.6 Å². The third-order valence-corrected chi connectivity index (χ3v) is 4.49. The Labute approximate surface area is 138 Å². The summed E-state index contributed by atoms with van der Waals surface area (Å²) in [6.45, 7) is 1.90. The number of hydrogen-bond acceptors (Lipinski definition) is 4. The van der Waals surface area contributed by atoms with E-state index in [1.165, 1.54) is 0 Å². The minimum Gasteiger partial charge on any atom is -0.388 e. The van der Waals surface area contributed by atoms with Crippen LogP contribution in [0, 0.1) is 3.57 Å². The van der Waals surface area contributed by atoms with Gasteiger partial charge in [0.05, 0.1) is 17.8 Å². The highest BCUT2D eigenvalue weighted by Gasteiger charge is 2.31. The minimum absolute atomic E-state index is 0.0720. The first kappa shape index (κ1) is 16.7. The van der Waals surface area contributed by atoms with Crippen LogP contribution in [-0.4, -0.2) is 54.9 Å². The SMILES string of the molecule is CN(CC(=O)Nc1ccccc1I)CC1(O)CCOCC1. The van der Waals surface area contributed by atoms with Gasteiger partial charge >= 0.3 is 0 Å². The molecule has 1 aliphatic rings. The summed E-state index contributed by atoms with van der Waals surface area (Å²) in [5.41, 5.74) is 0.0790. The summed E-state index contributed by atoms with van der Waals surface area (Å²) in [4.78, 5) is 13.9. The topological polar surface area (TPSA) is 61.8 Å². The monoisotopic (exact) mass is 404 g/mol. The summed E-state index contributed by atoms with van der Waals surface area (Å²) in [6.07, 6.45) is 1.24. The summed E-state index contributed by atoms with van der Waals surface area (Å²) < 4.78 is 6.27. The number of nitrogens with zero attached hydrogens (tertiary/aromatic N) is 1. The van der Waals surface area contributed by atoms with E-state index < -0.39 is 5.60 Å². The maximum atomic E-state index is 12.1. The number of likely N-dealkylation sites (N-methyl/N-ethyl adjacent to an activating group) is 1. The Balaban J connectivity index is 1.83. The third-order valence-electron chi connectivity index (χ3n) is 3.55. The standard InChI is InChI=1S/C15H21IN2O3/c1-18(11-15(20)6-8-21-9-7-15)10-14(19)17-13-5-3-2-4-12(13)16/h2-5,20H,6-11H2,1H3,(H,17,19). The molecular formula is C15H21IN2O3. The lowest BCUT2D eigenvalue weighted by Gasteiger charge is -2.35. The van der Waals surface area contributed by atoms with Crippen molar-refractivity contribution in [1.29, 1.82) is 0 Å². The average Bonchev–Trinajstić information content (AvgIpc) is 2.41. The van der Waals surface area contributed by atoms with Crippen LogP contribution in [0.1, 0.15) is 12.8 Å². The van der Waals surface area contributed by atoms with E-state index in [1.807, 2.05) is 36.2 Å². The van der Waals surface area contributed by atoms with E-state index in [1.54, 1.807) is 0 Å². The highest BCUT2D eigenvalue weighted by molar-refractivity contribution is 14.1. The van der Waals surface area contributed by atoms with Gasteiger partial charge in [0.25, 0.3) is 0 Å². The van der Waals surface area contributed by atoms with Crippen LogP contribution >= 0.6 is 22.6 Å². The molecule has 1 amide bonds. The highest BCUT2D eigenvalue weighted by atomic mass is 127. The normalized spacial score (nSPS) is 17.7. The van der Waals surface area contributed by atoms with Gasteiger partial charge in [-0.1, -0.05) is 12.1 Å². The molecule has 116 valence electrons. The number of nitrogens with one attached hydrogen (secondary N) is 1. The smallest absolute Gasteiger partial charge is 0.238 e. The van der Waals surface area contributed by atoms with Crippen molar-refractivity contribution in [3.05, 3.63) is 27.8 Å². The fourth-order valence-corrected chi connectivity index (χ4v) is 2.99. The number of rotatable bonds is 5. The first-order valence-corrected chi connectivity index (χ1v) is 8.09. The number of carbonyl (C=O) groups is 1. The fraction of sp³-hybridized carbons (Fsp3) is 0.533. The van der Waals surface area contributed by atoms with E-state index >= 15 is 0 Å². The molecule has 2 N–H and O–H groups in total. The second-order valence-electron chi connectivity index (χ2n) is 5.54. The zero-order valence-electron chi connectivity index (χ0n) is 12.1. The van der Waals surface area contributed by atoms with Crippen molar-refractivity contribution in [2.75, 3.05) is 38.7 Å². The van der Waals surface area contributed by atoms with Gasteiger partial charge in [0.1, 0.15) is 0 Å². The number of carbonyl (C=O) groups excluding carboxylic acids is 1. The Morgan fingerprint density at radius 2 is 2.10 bits per heavy atom. The zero-order chi connectivity index (χ0) is 15.3. The predicted molar refractivity (Wildman–Crippen MR) is 90.3 cm³/mol. The van der Waals surface area contributed by atoms with Crippen LogP contribution in [-0.2, 0) is 9.53 Å². The summed E-state index contributed by atoms with van der Waals surface area (Å²) in [5, 5.41) is 13.3. The predicted octanol–water partition coefficient (Wildman–Crippen LogP) is 1.70. The minimum atomic E-state index is -0.742. The van der Waals surface area contributed by atoms with Gasteiger partial charge in [0, 0.05) is 36.2 Å². The molecule has 0 saturated carbocycles. The molecule has 21 heavy (non-hydrogen) atoms. The Morgan fingerprint density at radius 3 is 2.76 bits per heavy atom. The number of aliphatic hydroxyl groups is 1. The number of anilines is 1. The summed E-state index contributed by atoms with van der Waals surface area (Å²) in [6, 6.07) is 7.66. The van der Waals surface area contributed by atoms with Crippen molar-refractivity contribution in [3.8, 4) is 0 Å². The number of para-hydroxylation sites is 1. The van der Waals surface area contributed by atoms with Gasteiger partial charge in [0.15, 0.2) is 0 Å². The molecule has 1 saturated heterocycles. The molecule has 0 spiro atoms. The van der Waals surface area contributed by atoms with Gasteiger partial charge in [-0.3, -0.25) is 9.69 Å². The molecule has 6 heteroatoms. The lowest BCUT2D eigenvalue weighted by molar-refractivity contribution is -0.118. The molecule has 1 aromatic rings. The molecule has 1 aliphatic heterocycles. The molecule has 0 bridgehead atoms. The molecule has 1 fully saturated rings. The molecule has 2 rings (SSSR count). The number of amides is 1. The largest absolute Gasteiger partial charge is 0.388 e. The molecular weight excluding hydrogens is 383 g/mol. The Bertz CT molecular complexity index is 490. The molecule has 0 atom stereocenters. The maximum Gasteiger partial charge on any atom is 0.238 e. The number of benzene rings is 1. The van der Waals surface area contributed by atoms with Crippen molar-refractivity contribution in [2.45, 2.75) is 18.4 Å². The van der Waals surface area contributed by atoms with E-state index in [9.17, 15) is 9.90 Å². The van der Waals surface area contributed by atoms with Gasteiger partial charge in [-0.2, -0.15) is 0 Å². The van der Waals surface area contributed by atoms with Crippen LogP contribution < -0.4 is 5.32 Å². The Hall–Kier alpha value is -0.700. The third kappa shape index (κ3) is 5.21. The molecule has 0 radical (unpaired) electrons. The second kappa shape index (κ2) is 7.53. The van der Waals surface area contributed by atoms with Crippen molar-refractivity contribution in [3.63, 3.8) is 0 Å². The van der Waals surface area contributed by atoms with E-state index in [4.69, 9.17) is 4.74 Å². The van der Waals surface area contributed by atoms with Crippen LogP contribution in [0.5, 0.6) is 0 Å². The zero-order valence-corrected chi connectivity index (χ0v) is 14.3. The number of ether oxygens (including phenoxy) is 1. The number of hydrogen-bond donors (Lipinski definition) is 2. The van der Waals surface area contributed by atoms with E-state index in [-0.39, 0.29) is 12.5 Å². The Kier molecular flexibility index (Phi) is 5.98. The average molecular weight is 404 g/mol. The maximum absolute atomic E-state index is 12.1. The van der Waals surface area contributed by atoms with Crippen molar-refractivity contribution < 1.29 is 14.6 Å². The second-order valence-corrected chi connectivity index (χ2v) is 6.70. The fourth-order valence-electron chi connectivity index (χ4n) is 2.47. The van der Waals surface area contributed by atoms with Gasteiger partial charge in [-0.15, -0.1) is 0 Å². The Morgan fingerprint density at radius 1 is 1.43 bits per heavy atom. The number of halogens is 1. The molecule has 0 aromatic heterocycles. The van der Waals surface area contributed by atoms with Crippen molar-refractivity contribution in [2.24, 2.45) is 0 Å². The summed E-state index contributed by atoms with van der Waals surface area (Å²) in [5.74, 6) is -0.0720. The van der Waals surface area contributed by atoms with Crippen LogP contribution in [0.25, 0.3) is 0 Å². The van der Waals surface area contributed by atoms with Gasteiger partial charge in [-0.25, -0.2) is 0 Å². The van der Waals surface area contributed by atoms with Crippen LogP contribution in [0.15, 0.2) is 24.3 Å². The first-order valence-electron chi connectivity index (χ1n) is 7.02. The van der Waals surface area contributed by atoms with E-state index in [0.717, 1.165) is 9.26 Å². The summed E-state index contributed by atoms with van der Waals surface area (Å²) >= 11 is 2.19. The van der Waals surface area contributed by atoms with Crippen LogP contribution in [0.3, 0.4) is 0 Å². The summed E-state index contributed by atoms with van der Waals surface area (Å²) in [7, 11) is 1.85.